The number of aryl methyl sites for hydroxylation is 2. The first-order valence-corrected chi connectivity index (χ1v) is 12.1. The quantitative estimate of drug-likeness (QED) is 0.165. The molecular weight excluding hydrogens is 516 g/mol. The third kappa shape index (κ3) is 7.60. The number of aliphatic hydroxyl groups is 4. The van der Waals surface area contributed by atoms with Gasteiger partial charge < -0.3 is 49.6 Å². The maximum Gasteiger partial charge on any atom is 0.335 e. The molecule has 0 aromatic heterocycles. The minimum absolute atomic E-state index is 0.00622. The highest BCUT2D eigenvalue weighted by molar-refractivity contribution is 5.90. The standard InChI is InChI=1S/C27H32O12/c1-36-20-11-14(5-9-18(20)30)3-7-16(28)13-17(29)8-4-15-6-10-19(21(12-15)37-2)38-27-24(33)22(31)23(32)25(39-27)26(34)35/h5-6,9-13,22-25,27,29-33H,3-4,7-8H2,1-2H3,(H,34,35)/b17-13-. The Morgan fingerprint density at radius 1 is 0.846 bits per heavy atom. The van der Waals surface area contributed by atoms with Gasteiger partial charge in [0, 0.05) is 18.9 Å². The number of carboxylic acids is 1. The molecule has 0 amide bonds. The lowest BCUT2D eigenvalue weighted by atomic mass is 9.99. The molecule has 1 aliphatic rings. The lowest BCUT2D eigenvalue weighted by molar-refractivity contribution is -0.271. The maximum atomic E-state index is 12.3. The first-order valence-electron chi connectivity index (χ1n) is 12.1. The number of aromatic hydroxyl groups is 1. The Kier molecular flexibility index (Phi) is 10.1. The number of aliphatic carboxylic acids is 1. The maximum absolute atomic E-state index is 12.3. The number of ketones is 1. The molecule has 5 unspecified atom stereocenters. The number of ether oxygens (including phenoxy) is 4. The van der Waals surface area contributed by atoms with E-state index in [1.54, 1.807) is 24.3 Å². The second-order valence-electron chi connectivity index (χ2n) is 8.95. The van der Waals surface area contributed by atoms with Crippen molar-refractivity contribution in [2.75, 3.05) is 14.2 Å². The zero-order valence-electron chi connectivity index (χ0n) is 21.4. The molecule has 1 heterocycles. The van der Waals surface area contributed by atoms with Gasteiger partial charge in [0.25, 0.3) is 0 Å². The van der Waals surface area contributed by atoms with Crippen molar-refractivity contribution < 1.29 is 59.2 Å². The van der Waals surface area contributed by atoms with Gasteiger partial charge in [-0.25, -0.2) is 4.79 Å². The fourth-order valence-corrected chi connectivity index (χ4v) is 3.99. The Morgan fingerprint density at radius 2 is 1.46 bits per heavy atom. The second-order valence-corrected chi connectivity index (χ2v) is 8.95. The molecule has 0 radical (unpaired) electrons. The Bertz CT molecular complexity index is 1190. The van der Waals surface area contributed by atoms with Crippen LogP contribution in [0.2, 0.25) is 0 Å². The topological polar surface area (TPSA) is 192 Å². The molecule has 6 N–H and O–H groups in total. The molecule has 1 fully saturated rings. The van der Waals surface area contributed by atoms with Crippen LogP contribution in [-0.2, 0) is 27.2 Å². The molecule has 39 heavy (non-hydrogen) atoms. The van der Waals surface area contributed by atoms with Crippen molar-refractivity contribution in [3.63, 3.8) is 0 Å². The number of rotatable bonds is 12. The van der Waals surface area contributed by atoms with Gasteiger partial charge in [0.05, 0.1) is 20.0 Å². The molecule has 12 nitrogen and oxygen atoms in total. The zero-order chi connectivity index (χ0) is 28.7. The molecular formula is C27H32O12. The van der Waals surface area contributed by atoms with Gasteiger partial charge in [-0.1, -0.05) is 12.1 Å². The van der Waals surface area contributed by atoms with Crippen LogP contribution in [0.1, 0.15) is 24.0 Å². The number of carboxylic acid groups (broad SMARTS) is 1. The van der Waals surface area contributed by atoms with Gasteiger partial charge in [0.2, 0.25) is 6.29 Å². The average molecular weight is 549 g/mol. The van der Waals surface area contributed by atoms with Gasteiger partial charge in [0.1, 0.15) is 18.3 Å². The zero-order valence-corrected chi connectivity index (χ0v) is 21.4. The summed E-state index contributed by atoms with van der Waals surface area (Å²) in [7, 11) is 2.80. The van der Waals surface area contributed by atoms with Crippen LogP contribution in [0.25, 0.3) is 0 Å². The van der Waals surface area contributed by atoms with Crippen LogP contribution in [-0.4, -0.2) is 87.3 Å². The number of hydrogen-bond acceptors (Lipinski definition) is 11. The van der Waals surface area contributed by atoms with E-state index in [2.05, 4.69) is 0 Å². The summed E-state index contributed by atoms with van der Waals surface area (Å²) >= 11 is 0. The van der Waals surface area contributed by atoms with Crippen molar-refractivity contribution in [1.29, 1.82) is 0 Å². The SMILES string of the molecule is COc1cc(CCC(=O)/C=C(\O)CCc2ccc(OC3OC(C(=O)O)C(O)C(O)C3O)c(OC)c2)ccc1O. The highest BCUT2D eigenvalue weighted by atomic mass is 16.7. The number of allylic oxidation sites excluding steroid dienone is 2. The minimum Gasteiger partial charge on any atom is -0.512 e. The minimum atomic E-state index is -1.84. The fraction of sp³-hybridized carbons (Fsp3) is 0.407. The molecule has 1 aliphatic heterocycles. The number of benzene rings is 2. The fourth-order valence-electron chi connectivity index (χ4n) is 3.99. The van der Waals surface area contributed by atoms with E-state index in [1.165, 1.54) is 32.4 Å². The summed E-state index contributed by atoms with van der Waals surface area (Å²) in [5.74, 6) is -1.29. The predicted octanol–water partition coefficient (Wildman–Crippen LogP) is 1.26. The van der Waals surface area contributed by atoms with Crippen molar-refractivity contribution in [3.8, 4) is 23.0 Å². The summed E-state index contributed by atoms with van der Waals surface area (Å²) in [5, 5.41) is 59.0. The monoisotopic (exact) mass is 548 g/mol. The number of aliphatic hydroxyl groups excluding tert-OH is 4. The van der Waals surface area contributed by atoms with Crippen LogP contribution in [0.3, 0.4) is 0 Å². The summed E-state index contributed by atoms with van der Waals surface area (Å²) in [6.07, 6.45) is -6.54. The summed E-state index contributed by atoms with van der Waals surface area (Å²) < 4.78 is 21.0. The number of phenolic OH excluding ortho intramolecular Hbond substituents is 1. The number of carbonyl (C=O) groups excluding carboxylic acids is 1. The average Bonchev–Trinajstić information content (AvgIpc) is 2.91. The van der Waals surface area contributed by atoms with Crippen LogP contribution >= 0.6 is 0 Å². The Hall–Kier alpha value is -3.84. The molecule has 12 heteroatoms. The van der Waals surface area contributed by atoms with Crippen molar-refractivity contribution in [2.24, 2.45) is 0 Å². The second kappa shape index (κ2) is 13.3. The van der Waals surface area contributed by atoms with E-state index in [4.69, 9.17) is 18.9 Å². The number of carbonyl (C=O) groups is 2. The van der Waals surface area contributed by atoms with E-state index in [-0.39, 0.29) is 41.6 Å². The van der Waals surface area contributed by atoms with Crippen LogP contribution in [0, 0.1) is 0 Å². The number of phenols is 1. The molecule has 1 saturated heterocycles. The molecule has 212 valence electrons. The summed E-state index contributed by atoms with van der Waals surface area (Å²) in [4.78, 5) is 23.6. The Balaban J connectivity index is 1.57. The summed E-state index contributed by atoms with van der Waals surface area (Å²) in [5.41, 5.74) is 1.52. The van der Waals surface area contributed by atoms with Crippen LogP contribution in [0.5, 0.6) is 23.0 Å². The molecule has 0 bridgehead atoms. The van der Waals surface area contributed by atoms with Crippen LogP contribution in [0.4, 0.5) is 0 Å². The molecule has 2 aromatic rings. The Labute approximate surface area is 224 Å². The highest BCUT2D eigenvalue weighted by Crippen LogP contribution is 2.32. The predicted molar refractivity (Wildman–Crippen MR) is 135 cm³/mol. The van der Waals surface area contributed by atoms with Crippen molar-refractivity contribution in [2.45, 2.75) is 56.4 Å². The Morgan fingerprint density at radius 3 is 2.10 bits per heavy atom. The van der Waals surface area contributed by atoms with E-state index >= 15 is 0 Å². The van der Waals surface area contributed by atoms with E-state index in [0.29, 0.717) is 24.2 Å². The van der Waals surface area contributed by atoms with Gasteiger partial charge >= 0.3 is 5.97 Å². The van der Waals surface area contributed by atoms with Gasteiger partial charge in [-0.15, -0.1) is 0 Å². The van der Waals surface area contributed by atoms with Gasteiger partial charge in [-0.05, 0) is 48.2 Å². The van der Waals surface area contributed by atoms with Gasteiger partial charge in [-0.2, -0.15) is 0 Å². The van der Waals surface area contributed by atoms with E-state index in [0.717, 1.165) is 5.56 Å². The lowest BCUT2D eigenvalue weighted by Gasteiger charge is -2.38. The molecule has 0 spiro atoms. The third-order valence-corrected chi connectivity index (χ3v) is 6.19. The molecule has 3 rings (SSSR count). The number of hydrogen-bond donors (Lipinski definition) is 6. The van der Waals surface area contributed by atoms with Crippen LogP contribution < -0.4 is 14.2 Å². The van der Waals surface area contributed by atoms with Crippen molar-refractivity contribution >= 4 is 11.8 Å². The normalized spacial score (nSPS) is 23.2. The third-order valence-electron chi connectivity index (χ3n) is 6.19. The molecule has 5 atom stereocenters. The van der Waals surface area contributed by atoms with Crippen molar-refractivity contribution in [3.05, 3.63) is 59.4 Å². The smallest absolute Gasteiger partial charge is 0.335 e. The van der Waals surface area contributed by atoms with Crippen LogP contribution in [0.15, 0.2) is 48.2 Å². The summed E-state index contributed by atoms with van der Waals surface area (Å²) in [6.45, 7) is 0. The summed E-state index contributed by atoms with van der Waals surface area (Å²) in [6, 6.07) is 9.53. The largest absolute Gasteiger partial charge is 0.512 e. The van der Waals surface area contributed by atoms with E-state index < -0.39 is 36.7 Å². The highest BCUT2D eigenvalue weighted by Gasteiger charge is 2.48. The first kappa shape index (κ1) is 29.7. The van der Waals surface area contributed by atoms with Gasteiger partial charge in [0.15, 0.2) is 34.9 Å². The first-order chi connectivity index (χ1) is 18.5. The molecule has 0 aliphatic carbocycles. The molecule has 2 aromatic carbocycles. The van der Waals surface area contributed by atoms with Crippen molar-refractivity contribution in [1.82, 2.24) is 0 Å². The van der Waals surface area contributed by atoms with E-state index in [9.17, 15) is 40.2 Å². The van der Waals surface area contributed by atoms with Gasteiger partial charge in [-0.3, -0.25) is 4.79 Å². The lowest BCUT2D eigenvalue weighted by Crippen LogP contribution is -2.61. The van der Waals surface area contributed by atoms with E-state index in [1.807, 2.05) is 0 Å². The molecule has 0 saturated carbocycles. The number of methoxy groups -OCH3 is 2.